The standard InChI is InChI=1S/C12H25NO2/c1-3-13-11(9-14-2)10-15-12-7-5-4-6-8-12/h11-13H,3-10H2,1-2H3. The maximum absolute atomic E-state index is 5.91. The summed E-state index contributed by atoms with van der Waals surface area (Å²) in [5.41, 5.74) is 0. The van der Waals surface area contributed by atoms with Gasteiger partial charge in [-0.15, -0.1) is 0 Å². The van der Waals surface area contributed by atoms with Gasteiger partial charge in [0, 0.05) is 7.11 Å². The van der Waals surface area contributed by atoms with E-state index in [2.05, 4.69) is 12.2 Å². The quantitative estimate of drug-likeness (QED) is 0.704. The molecule has 0 radical (unpaired) electrons. The highest BCUT2D eigenvalue weighted by molar-refractivity contribution is 4.69. The fourth-order valence-corrected chi connectivity index (χ4v) is 2.14. The van der Waals surface area contributed by atoms with Gasteiger partial charge in [-0.2, -0.15) is 0 Å². The summed E-state index contributed by atoms with van der Waals surface area (Å²) in [6.07, 6.45) is 7.03. The van der Waals surface area contributed by atoms with Gasteiger partial charge >= 0.3 is 0 Å². The van der Waals surface area contributed by atoms with Crippen molar-refractivity contribution >= 4 is 0 Å². The summed E-state index contributed by atoms with van der Waals surface area (Å²) < 4.78 is 11.1. The predicted molar refractivity (Wildman–Crippen MR) is 62.2 cm³/mol. The second-order valence-electron chi connectivity index (χ2n) is 4.30. The normalized spacial score (nSPS) is 20.4. The van der Waals surface area contributed by atoms with Crippen molar-refractivity contribution in [3.63, 3.8) is 0 Å². The highest BCUT2D eigenvalue weighted by atomic mass is 16.5. The van der Waals surface area contributed by atoms with E-state index in [4.69, 9.17) is 9.47 Å². The first-order chi connectivity index (χ1) is 7.36. The molecule has 1 fully saturated rings. The van der Waals surface area contributed by atoms with E-state index in [-0.39, 0.29) is 0 Å². The van der Waals surface area contributed by atoms with Crippen LogP contribution in [0.3, 0.4) is 0 Å². The number of hydrogen-bond donors (Lipinski definition) is 1. The minimum absolute atomic E-state index is 0.349. The van der Waals surface area contributed by atoms with Gasteiger partial charge in [-0.3, -0.25) is 0 Å². The van der Waals surface area contributed by atoms with Gasteiger partial charge < -0.3 is 14.8 Å². The van der Waals surface area contributed by atoms with E-state index in [0.717, 1.165) is 19.8 Å². The maximum atomic E-state index is 5.91. The third-order valence-electron chi connectivity index (χ3n) is 2.95. The van der Waals surface area contributed by atoms with Crippen LogP contribution in [0.4, 0.5) is 0 Å². The fourth-order valence-electron chi connectivity index (χ4n) is 2.14. The Morgan fingerprint density at radius 2 is 1.93 bits per heavy atom. The van der Waals surface area contributed by atoms with Crippen molar-refractivity contribution in [2.24, 2.45) is 0 Å². The summed E-state index contributed by atoms with van der Waals surface area (Å²) >= 11 is 0. The lowest BCUT2D eigenvalue weighted by atomic mass is 9.98. The minimum atomic E-state index is 0.349. The lowest BCUT2D eigenvalue weighted by molar-refractivity contribution is 0.00326. The van der Waals surface area contributed by atoms with E-state index >= 15 is 0 Å². The molecule has 1 unspecified atom stereocenters. The average molecular weight is 215 g/mol. The number of methoxy groups -OCH3 is 1. The van der Waals surface area contributed by atoms with Crippen LogP contribution in [0, 0.1) is 0 Å². The topological polar surface area (TPSA) is 30.5 Å². The largest absolute Gasteiger partial charge is 0.383 e. The Balaban J connectivity index is 2.13. The average Bonchev–Trinajstić information content (AvgIpc) is 2.28. The first kappa shape index (κ1) is 12.9. The highest BCUT2D eigenvalue weighted by Gasteiger charge is 2.15. The molecule has 1 atom stereocenters. The predicted octanol–water partition coefficient (Wildman–Crippen LogP) is 1.96. The Hall–Kier alpha value is -0.120. The molecule has 0 amide bonds. The molecule has 0 aromatic carbocycles. The van der Waals surface area contributed by atoms with Gasteiger partial charge in [-0.1, -0.05) is 26.2 Å². The molecule has 0 aromatic rings. The summed E-state index contributed by atoms with van der Waals surface area (Å²) in [6, 6.07) is 0.349. The van der Waals surface area contributed by atoms with Gasteiger partial charge in [0.15, 0.2) is 0 Å². The van der Waals surface area contributed by atoms with Crippen LogP contribution in [0.1, 0.15) is 39.0 Å². The Labute approximate surface area is 93.5 Å². The molecule has 0 saturated heterocycles. The molecule has 0 aliphatic heterocycles. The van der Waals surface area contributed by atoms with Crippen LogP contribution in [-0.2, 0) is 9.47 Å². The lowest BCUT2D eigenvalue weighted by Crippen LogP contribution is -2.38. The van der Waals surface area contributed by atoms with E-state index in [1.165, 1.54) is 32.1 Å². The highest BCUT2D eigenvalue weighted by Crippen LogP contribution is 2.20. The van der Waals surface area contributed by atoms with Crippen LogP contribution in [-0.4, -0.2) is 39.0 Å². The third kappa shape index (κ3) is 5.50. The van der Waals surface area contributed by atoms with Crippen LogP contribution in [0.25, 0.3) is 0 Å². The Kier molecular flexibility index (Phi) is 6.98. The third-order valence-corrected chi connectivity index (χ3v) is 2.95. The maximum Gasteiger partial charge on any atom is 0.0645 e. The number of ether oxygens (including phenoxy) is 2. The summed E-state index contributed by atoms with van der Waals surface area (Å²) in [7, 11) is 1.74. The minimum Gasteiger partial charge on any atom is -0.383 e. The molecule has 0 bridgehead atoms. The second kappa shape index (κ2) is 8.08. The first-order valence-corrected chi connectivity index (χ1v) is 6.20. The van der Waals surface area contributed by atoms with Crippen molar-refractivity contribution in [3.8, 4) is 0 Å². The van der Waals surface area contributed by atoms with E-state index in [9.17, 15) is 0 Å². The van der Waals surface area contributed by atoms with Crippen LogP contribution in [0.15, 0.2) is 0 Å². The van der Waals surface area contributed by atoms with Crippen LogP contribution in [0.2, 0.25) is 0 Å². The molecule has 1 aliphatic rings. The lowest BCUT2D eigenvalue weighted by Gasteiger charge is -2.25. The van der Waals surface area contributed by atoms with E-state index in [0.29, 0.717) is 12.1 Å². The molecular weight excluding hydrogens is 190 g/mol. The van der Waals surface area contributed by atoms with Crippen LogP contribution in [0.5, 0.6) is 0 Å². The molecule has 90 valence electrons. The summed E-state index contributed by atoms with van der Waals surface area (Å²) in [5, 5.41) is 3.37. The number of hydrogen-bond acceptors (Lipinski definition) is 3. The van der Waals surface area contributed by atoms with Crippen LogP contribution >= 0.6 is 0 Å². The Bertz CT molecular complexity index is 141. The zero-order valence-corrected chi connectivity index (χ0v) is 10.1. The number of rotatable bonds is 7. The van der Waals surface area contributed by atoms with Gasteiger partial charge in [0.05, 0.1) is 25.4 Å². The van der Waals surface area contributed by atoms with E-state index in [1.807, 2.05) is 0 Å². The van der Waals surface area contributed by atoms with E-state index in [1.54, 1.807) is 7.11 Å². The van der Waals surface area contributed by atoms with Gasteiger partial charge in [-0.05, 0) is 19.4 Å². The van der Waals surface area contributed by atoms with Gasteiger partial charge in [0.25, 0.3) is 0 Å². The Morgan fingerprint density at radius 3 is 2.53 bits per heavy atom. The summed E-state index contributed by atoms with van der Waals surface area (Å²) in [4.78, 5) is 0. The van der Waals surface area contributed by atoms with Gasteiger partial charge in [-0.25, -0.2) is 0 Å². The van der Waals surface area contributed by atoms with Crippen molar-refractivity contribution in [1.29, 1.82) is 0 Å². The van der Waals surface area contributed by atoms with Crippen LogP contribution < -0.4 is 5.32 Å². The van der Waals surface area contributed by atoms with Gasteiger partial charge in [0.1, 0.15) is 0 Å². The molecule has 0 heterocycles. The molecule has 0 spiro atoms. The zero-order valence-electron chi connectivity index (χ0n) is 10.1. The van der Waals surface area contributed by atoms with Gasteiger partial charge in [0.2, 0.25) is 0 Å². The SMILES string of the molecule is CCNC(COC)COC1CCCCC1. The van der Waals surface area contributed by atoms with E-state index < -0.39 is 0 Å². The second-order valence-corrected chi connectivity index (χ2v) is 4.30. The summed E-state index contributed by atoms with van der Waals surface area (Å²) in [6.45, 7) is 4.61. The van der Waals surface area contributed by atoms with Crippen molar-refractivity contribution in [1.82, 2.24) is 5.32 Å². The van der Waals surface area contributed by atoms with Crippen molar-refractivity contribution in [2.75, 3.05) is 26.9 Å². The fraction of sp³-hybridized carbons (Fsp3) is 1.00. The molecular formula is C12H25NO2. The monoisotopic (exact) mass is 215 g/mol. The molecule has 3 nitrogen and oxygen atoms in total. The van der Waals surface area contributed by atoms with Crippen molar-refractivity contribution in [2.45, 2.75) is 51.2 Å². The number of nitrogens with one attached hydrogen (secondary N) is 1. The molecule has 1 saturated carbocycles. The van der Waals surface area contributed by atoms with Crippen molar-refractivity contribution < 1.29 is 9.47 Å². The first-order valence-electron chi connectivity index (χ1n) is 6.20. The molecule has 1 N–H and O–H groups in total. The molecule has 0 aromatic heterocycles. The molecule has 1 rings (SSSR count). The summed E-state index contributed by atoms with van der Waals surface area (Å²) in [5.74, 6) is 0. The number of likely N-dealkylation sites (N-methyl/N-ethyl adjacent to an activating group) is 1. The smallest absolute Gasteiger partial charge is 0.0645 e. The van der Waals surface area contributed by atoms with Crippen molar-refractivity contribution in [3.05, 3.63) is 0 Å². The molecule has 3 heteroatoms. The Morgan fingerprint density at radius 1 is 1.20 bits per heavy atom. The zero-order chi connectivity index (χ0) is 10.9. The molecule has 1 aliphatic carbocycles. The molecule has 15 heavy (non-hydrogen) atoms.